The van der Waals surface area contributed by atoms with Crippen LogP contribution in [0.3, 0.4) is 0 Å². The quantitative estimate of drug-likeness (QED) is 0.421. The van der Waals surface area contributed by atoms with Gasteiger partial charge in [-0.25, -0.2) is 0 Å². The highest BCUT2D eigenvalue weighted by Crippen LogP contribution is 2.30. The van der Waals surface area contributed by atoms with E-state index in [2.05, 4.69) is 47.4 Å². The minimum absolute atomic E-state index is 0.168. The Labute approximate surface area is 118 Å². The van der Waals surface area contributed by atoms with Crippen molar-refractivity contribution < 1.29 is 4.79 Å². The summed E-state index contributed by atoms with van der Waals surface area (Å²) in [6, 6.07) is 2.56. The first-order valence-electron chi connectivity index (χ1n) is 6.33. The number of carbonyl (C=O) groups is 1. The number of alkyl halides is 1. The SMILES string of the molecule is CC(C)CN1C(=O)[C@H](CCCC#N)C[C@H]1CI. The molecule has 17 heavy (non-hydrogen) atoms. The summed E-state index contributed by atoms with van der Waals surface area (Å²) in [4.78, 5) is 14.3. The highest BCUT2D eigenvalue weighted by atomic mass is 127. The average Bonchev–Trinajstić information content (AvgIpc) is 2.57. The summed E-state index contributed by atoms with van der Waals surface area (Å²) in [5.74, 6) is 1.02. The molecule has 0 N–H and O–H groups in total. The number of hydrogen-bond acceptors (Lipinski definition) is 2. The van der Waals surface area contributed by atoms with E-state index in [1.807, 2.05) is 0 Å². The molecule has 1 amide bonds. The molecule has 0 spiro atoms. The molecule has 1 fully saturated rings. The third kappa shape index (κ3) is 4.13. The normalized spacial score (nSPS) is 24.4. The van der Waals surface area contributed by atoms with Gasteiger partial charge in [0.05, 0.1) is 6.07 Å². The van der Waals surface area contributed by atoms with Crippen molar-refractivity contribution in [2.45, 2.75) is 45.6 Å². The van der Waals surface area contributed by atoms with Gasteiger partial charge in [0.1, 0.15) is 0 Å². The molecule has 0 saturated carbocycles. The molecule has 0 unspecified atom stereocenters. The maximum atomic E-state index is 12.2. The summed E-state index contributed by atoms with van der Waals surface area (Å²) in [6.45, 7) is 5.18. The molecule has 2 atom stereocenters. The summed E-state index contributed by atoms with van der Waals surface area (Å²) >= 11 is 2.37. The van der Waals surface area contributed by atoms with E-state index in [4.69, 9.17) is 5.26 Å². The van der Waals surface area contributed by atoms with Crippen LogP contribution in [0.15, 0.2) is 0 Å². The minimum atomic E-state index is 0.168. The lowest BCUT2D eigenvalue weighted by molar-refractivity contribution is -0.132. The van der Waals surface area contributed by atoms with Gasteiger partial charge in [-0.3, -0.25) is 4.79 Å². The molecule has 0 aromatic rings. The largest absolute Gasteiger partial charge is 0.338 e. The summed E-state index contributed by atoms with van der Waals surface area (Å²) < 4.78 is 1.02. The summed E-state index contributed by atoms with van der Waals surface area (Å²) in [5, 5.41) is 8.53. The van der Waals surface area contributed by atoms with Crippen LogP contribution in [0.1, 0.15) is 39.5 Å². The van der Waals surface area contributed by atoms with Gasteiger partial charge >= 0.3 is 0 Å². The highest BCUT2D eigenvalue weighted by molar-refractivity contribution is 14.1. The fourth-order valence-corrected chi connectivity index (χ4v) is 3.25. The molecule has 0 aromatic carbocycles. The molecule has 1 rings (SSSR count). The van der Waals surface area contributed by atoms with Gasteiger partial charge in [-0.05, 0) is 25.2 Å². The number of likely N-dealkylation sites (tertiary alicyclic amines) is 1. The number of hydrogen-bond donors (Lipinski definition) is 0. The molecular weight excluding hydrogens is 327 g/mol. The Kier molecular flexibility index (Phi) is 6.24. The first-order valence-corrected chi connectivity index (χ1v) is 7.86. The molecule has 4 heteroatoms. The third-order valence-corrected chi connectivity index (χ3v) is 4.23. The van der Waals surface area contributed by atoms with Crippen LogP contribution in [0.5, 0.6) is 0 Å². The van der Waals surface area contributed by atoms with Crippen LogP contribution in [0, 0.1) is 23.2 Å². The third-order valence-electron chi connectivity index (χ3n) is 3.21. The minimum Gasteiger partial charge on any atom is -0.338 e. The summed E-state index contributed by atoms with van der Waals surface area (Å²) in [7, 11) is 0. The zero-order chi connectivity index (χ0) is 12.8. The standard InChI is InChI=1S/C13H21IN2O/c1-10(2)9-16-12(8-14)7-11(13(16)17)5-3-4-6-15/h10-12H,3-5,7-9H2,1-2H3/t11-,12+/m1/s1. The van der Waals surface area contributed by atoms with Crippen molar-refractivity contribution in [3.05, 3.63) is 0 Å². The number of nitriles is 1. The van der Waals surface area contributed by atoms with Crippen molar-refractivity contribution in [2.24, 2.45) is 11.8 Å². The van der Waals surface area contributed by atoms with Crippen molar-refractivity contribution in [2.75, 3.05) is 11.0 Å². The van der Waals surface area contributed by atoms with Crippen LogP contribution in [0.4, 0.5) is 0 Å². The van der Waals surface area contributed by atoms with Crippen molar-refractivity contribution in [1.82, 2.24) is 4.90 Å². The first-order chi connectivity index (χ1) is 8.10. The van der Waals surface area contributed by atoms with Gasteiger partial charge in [-0.15, -0.1) is 0 Å². The fourth-order valence-electron chi connectivity index (χ4n) is 2.42. The topological polar surface area (TPSA) is 44.1 Å². The Hall–Kier alpha value is -0.310. The van der Waals surface area contributed by atoms with E-state index >= 15 is 0 Å². The lowest BCUT2D eigenvalue weighted by Crippen LogP contribution is -2.37. The second-order valence-corrected chi connectivity index (χ2v) is 6.06. The van der Waals surface area contributed by atoms with Crippen molar-refractivity contribution in [3.8, 4) is 6.07 Å². The molecule has 1 heterocycles. The molecule has 3 nitrogen and oxygen atoms in total. The average molecular weight is 348 g/mol. The molecule has 0 bridgehead atoms. The monoisotopic (exact) mass is 348 g/mol. The zero-order valence-electron chi connectivity index (χ0n) is 10.7. The molecule has 0 radical (unpaired) electrons. The van der Waals surface area contributed by atoms with Crippen LogP contribution >= 0.6 is 22.6 Å². The smallest absolute Gasteiger partial charge is 0.226 e. The zero-order valence-corrected chi connectivity index (χ0v) is 12.8. The van der Waals surface area contributed by atoms with Crippen LogP contribution in [-0.2, 0) is 4.79 Å². The van der Waals surface area contributed by atoms with Crippen molar-refractivity contribution in [1.29, 1.82) is 5.26 Å². The van der Waals surface area contributed by atoms with Crippen molar-refractivity contribution >= 4 is 28.5 Å². The van der Waals surface area contributed by atoms with E-state index in [-0.39, 0.29) is 5.92 Å². The van der Waals surface area contributed by atoms with E-state index in [1.165, 1.54) is 0 Å². The van der Waals surface area contributed by atoms with E-state index < -0.39 is 0 Å². The maximum absolute atomic E-state index is 12.2. The molecule has 1 aliphatic rings. The molecular formula is C13H21IN2O. The molecule has 0 aromatic heterocycles. The van der Waals surface area contributed by atoms with E-state index in [9.17, 15) is 4.79 Å². The first kappa shape index (κ1) is 14.7. The number of amides is 1. The van der Waals surface area contributed by atoms with Crippen LogP contribution in [0.25, 0.3) is 0 Å². The van der Waals surface area contributed by atoms with Gasteiger partial charge in [-0.2, -0.15) is 5.26 Å². The van der Waals surface area contributed by atoms with Gasteiger partial charge in [0.15, 0.2) is 0 Å². The van der Waals surface area contributed by atoms with Crippen LogP contribution < -0.4 is 0 Å². The second kappa shape index (κ2) is 7.20. The molecule has 1 aliphatic heterocycles. The number of carbonyl (C=O) groups excluding carboxylic acids is 1. The summed E-state index contributed by atoms with van der Waals surface area (Å²) in [6.07, 6.45) is 3.30. The Bertz CT molecular complexity index is 298. The highest BCUT2D eigenvalue weighted by Gasteiger charge is 2.38. The van der Waals surface area contributed by atoms with Gasteiger partial charge < -0.3 is 4.90 Å². The second-order valence-electron chi connectivity index (χ2n) is 5.18. The lowest BCUT2D eigenvalue weighted by Gasteiger charge is -2.25. The lowest BCUT2D eigenvalue weighted by atomic mass is 9.99. The molecule has 0 aliphatic carbocycles. The number of rotatable bonds is 6. The van der Waals surface area contributed by atoms with E-state index in [1.54, 1.807) is 0 Å². The Morgan fingerprint density at radius 2 is 2.29 bits per heavy atom. The molecule has 1 saturated heterocycles. The Balaban J connectivity index is 2.55. The van der Waals surface area contributed by atoms with E-state index in [0.29, 0.717) is 24.3 Å². The van der Waals surface area contributed by atoms with Gasteiger partial charge in [-0.1, -0.05) is 36.4 Å². The predicted molar refractivity (Wildman–Crippen MR) is 76.8 cm³/mol. The number of unbranched alkanes of at least 4 members (excludes halogenated alkanes) is 1. The Morgan fingerprint density at radius 3 is 2.82 bits per heavy atom. The fraction of sp³-hybridized carbons (Fsp3) is 0.846. The van der Waals surface area contributed by atoms with Gasteiger partial charge in [0.25, 0.3) is 0 Å². The van der Waals surface area contributed by atoms with Gasteiger partial charge in [0, 0.05) is 29.4 Å². The van der Waals surface area contributed by atoms with Gasteiger partial charge in [0.2, 0.25) is 5.91 Å². The van der Waals surface area contributed by atoms with E-state index in [0.717, 1.165) is 30.2 Å². The predicted octanol–water partition coefficient (Wildman–Crippen LogP) is 2.99. The number of nitrogens with zero attached hydrogens (tertiary/aromatic N) is 2. The number of halogens is 1. The van der Waals surface area contributed by atoms with Crippen molar-refractivity contribution in [3.63, 3.8) is 0 Å². The molecule has 96 valence electrons. The van der Waals surface area contributed by atoms with Crippen LogP contribution in [-0.4, -0.2) is 27.8 Å². The van der Waals surface area contributed by atoms with Crippen LogP contribution in [0.2, 0.25) is 0 Å². The Morgan fingerprint density at radius 1 is 1.59 bits per heavy atom. The maximum Gasteiger partial charge on any atom is 0.226 e. The summed E-state index contributed by atoms with van der Waals surface area (Å²) in [5.41, 5.74) is 0.